The molecule has 1 N–H and O–H groups in total. The zero-order valence-electron chi connectivity index (χ0n) is 13.7. The van der Waals surface area contributed by atoms with Gasteiger partial charge in [-0.1, -0.05) is 23.2 Å². The number of aromatic nitrogens is 2. The van der Waals surface area contributed by atoms with Crippen molar-refractivity contribution in [1.82, 2.24) is 9.97 Å². The van der Waals surface area contributed by atoms with Gasteiger partial charge < -0.3 is 10.1 Å². The van der Waals surface area contributed by atoms with Crippen LogP contribution in [-0.2, 0) is 9.53 Å². The maximum Gasteiger partial charge on any atom is 0.249 e. The van der Waals surface area contributed by atoms with E-state index in [-0.39, 0.29) is 33.9 Å². The molecule has 4 heterocycles. The van der Waals surface area contributed by atoms with E-state index in [0.29, 0.717) is 17.5 Å². The number of nitrogens with zero attached hydrogens (tertiary/aromatic N) is 2. The summed E-state index contributed by atoms with van der Waals surface area (Å²) in [5.41, 5.74) is 0.511. The summed E-state index contributed by atoms with van der Waals surface area (Å²) in [4.78, 5) is 20.3. The Bertz CT molecular complexity index is 960. The molecule has 5 nitrogen and oxygen atoms in total. The molecule has 3 fully saturated rings. The van der Waals surface area contributed by atoms with Crippen LogP contribution in [0.1, 0.15) is 17.9 Å². The molecule has 3 aliphatic rings. The number of anilines is 1. The van der Waals surface area contributed by atoms with Crippen LogP contribution in [0.3, 0.4) is 0 Å². The predicted octanol–water partition coefficient (Wildman–Crippen LogP) is 3.82. The number of hydrogen-bond donors (Lipinski definition) is 1. The first-order chi connectivity index (χ1) is 13.0. The van der Waals surface area contributed by atoms with Gasteiger partial charge in [-0.05, 0) is 30.4 Å². The summed E-state index contributed by atoms with van der Waals surface area (Å²) in [5, 5.41) is 3.09. The minimum Gasteiger partial charge on any atom is -0.373 e. The lowest BCUT2D eigenvalue weighted by atomic mass is 9.75. The third kappa shape index (κ3) is 2.63. The molecular formula is C18H13Cl2F2N3O2. The maximum absolute atomic E-state index is 14.4. The molecule has 2 aliphatic heterocycles. The smallest absolute Gasteiger partial charge is 0.249 e. The maximum atomic E-state index is 14.4. The second-order valence-electron chi connectivity index (χ2n) is 7.17. The van der Waals surface area contributed by atoms with Gasteiger partial charge in [0.25, 0.3) is 0 Å². The van der Waals surface area contributed by atoms with Crippen LogP contribution in [-0.4, -0.2) is 28.1 Å². The van der Waals surface area contributed by atoms with E-state index in [1.165, 1.54) is 24.5 Å². The number of rotatable bonds is 3. The third-order valence-corrected chi connectivity index (χ3v) is 6.43. The fourth-order valence-electron chi connectivity index (χ4n) is 4.57. The standard InChI is InChI=1S/C18H13Cl2F2N3O2/c19-10-3-6(5-24-16(10)20)25-18(26)12-11(7-1-2-23-17(22)13(7)21)14-8-4-9(8)15(12)27-14/h1-3,5,8-9,11-12,14-15H,4H2,(H,25,26)/t8-,9+,11+,12+,14-,15+/m0/s1. The number of amides is 1. The second kappa shape index (κ2) is 6.09. The highest BCUT2D eigenvalue weighted by Gasteiger charge is 2.69. The highest BCUT2D eigenvalue weighted by atomic mass is 35.5. The van der Waals surface area contributed by atoms with E-state index >= 15 is 0 Å². The number of ether oxygens (including phenoxy) is 1. The van der Waals surface area contributed by atoms with E-state index in [9.17, 15) is 13.6 Å². The molecular weight excluding hydrogens is 399 g/mol. The van der Waals surface area contributed by atoms with E-state index in [1.54, 1.807) is 0 Å². The first kappa shape index (κ1) is 17.3. The first-order valence-corrected chi connectivity index (χ1v) is 9.28. The van der Waals surface area contributed by atoms with Gasteiger partial charge >= 0.3 is 0 Å². The molecule has 0 spiro atoms. The molecule has 2 saturated heterocycles. The van der Waals surface area contributed by atoms with Gasteiger partial charge in [-0.15, -0.1) is 0 Å². The summed E-state index contributed by atoms with van der Waals surface area (Å²) in [6.07, 6.45) is 2.94. The Labute approximate surface area is 163 Å². The molecule has 1 amide bonds. The van der Waals surface area contributed by atoms with Crippen molar-refractivity contribution in [3.05, 3.63) is 52.0 Å². The second-order valence-corrected chi connectivity index (χ2v) is 7.94. The zero-order valence-corrected chi connectivity index (χ0v) is 15.2. The third-order valence-electron chi connectivity index (χ3n) is 5.75. The Balaban J connectivity index is 1.48. The summed E-state index contributed by atoms with van der Waals surface area (Å²) < 4.78 is 34.1. The van der Waals surface area contributed by atoms with Crippen molar-refractivity contribution < 1.29 is 18.3 Å². The predicted molar refractivity (Wildman–Crippen MR) is 93.5 cm³/mol. The summed E-state index contributed by atoms with van der Waals surface area (Å²) >= 11 is 11.7. The molecule has 0 unspecified atom stereocenters. The van der Waals surface area contributed by atoms with E-state index in [1.807, 2.05) is 0 Å². The van der Waals surface area contributed by atoms with Crippen LogP contribution < -0.4 is 5.32 Å². The Hall–Kier alpha value is -1.83. The summed E-state index contributed by atoms with van der Waals surface area (Å²) in [6, 6.07) is 2.91. The Morgan fingerprint density at radius 1 is 1.22 bits per heavy atom. The molecule has 6 atom stereocenters. The number of pyridine rings is 2. The Kier molecular flexibility index (Phi) is 3.90. The normalized spacial score (nSPS) is 33.0. The van der Waals surface area contributed by atoms with Crippen molar-refractivity contribution in [3.8, 4) is 0 Å². The molecule has 2 bridgehead atoms. The molecule has 0 radical (unpaired) electrons. The molecule has 9 heteroatoms. The molecule has 2 aromatic heterocycles. The topological polar surface area (TPSA) is 64.1 Å². The average Bonchev–Trinajstić information content (AvgIpc) is 3.25. The lowest BCUT2D eigenvalue weighted by molar-refractivity contribution is -0.122. The van der Waals surface area contributed by atoms with Crippen molar-refractivity contribution >= 4 is 34.8 Å². The molecule has 5 rings (SSSR count). The van der Waals surface area contributed by atoms with E-state index < -0.39 is 23.6 Å². The Morgan fingerprint density at radius 2 is 2.00 bits per heavy atom. The van der Waals surface area contributed by atoms with Gasteiger partial charge in [0, 0.05) is 17.7 Å². The van der Waals surface area contributed by atoms with Crippen LogP contribution in [0, 0.1) is 29.5 Å². The minimum absolute atomic E-state index is 0.131. The quantitative estimate of drug-likeness (QED) is 0.779. The zero-order chi connectivity index (χ0) is 18.9. The minimum atomic E-state index is -1.17. The molecule has 1 aliphatic carbocycles. The van der Waals surface area contributed by atoms with Crippen molar-refractivity contribution in [3.63, 3.8) is 0 Å². The monoisotopic (exact) mass is 411 g/mol. The van der Waals surface area contributed by atoms with Gasteiger partial charge in [-0.3, -0.25) is 4.79 Å². The number of carbonyl (C=O) groups excluding carboxylic acids is 1. The van der Waals surface area contributed by atoms with Gasteiger partial charge in [-0.25, -0.2) is 14.4 Å². The average molecular weight is 412 g/mol. The van der Waals surface area contributed by atoms with E-state index in [4.69, 9.17) is 27.9 Å². The highest BCUT2D eigenvalue weighted by molar-refractivity contribution is 6.41. The summed E-state index contributed by atoms with van der Waals surface area (Å²) in [7, 11) is 0. The van der Waals surface area contributed by atoms with Gasteiger partial charge in [0.05, 0.1) is 35.0 Å². The van der Waals surface area contributed by atoms with Crippen molar-refractivity contribution in [1.29, 1.82) is 0 Å². The lowest BCUT2D eigenvalue weighted by Crippen LogP contribution is -2.37. The lowest BCUT2D eigenvalue weighted by Gasteiger charge is -2.27. The fourth-order valence-corrected chi connectivity index (χ4v) is 4.84. The summed E-state index contributed by atoms with van der Waals surface area (Å²) in [6.45, 7) is 0. The van der Waals surface area contributed by atoms with Crippen LogP contribution >= 0.6 is 23.2 Å². The van der Waals surface area contributed by atoms with Crippen LogP contribution in [0.4, 0.5) is 14.5 Å². The van der Waals surface area contributed by atoms with Crippen molar-refractivity contribution in [2.24, 2.45) is 17.8 Å². The number of fused-ring (bicyclic) bond motifs is 5. The van der Waals surface area contributed by atoms with Gasteiger partial charge in [0.1, 0.15) is 5.15 Å². The van der Waals surface area contributed by atoms with Crippen LogP contribution in [0.5, 0.6) is 0 Å². The van der Waals surface area contributed by atoms with Gasteiger partial charge in [0.2, 0.25) is 11.9 Å². The van der Waals surface area contributed by atoms with Crippen molar-refractivity contribution in [2.75, 3.05) is 5.32 Å². The van der Waals surface area contributed by atoms with E-state index in [2.05, 4.69) is 15.3 Å². The molecule has 27 heavy (non-hydrogen) atoms. The fraction of sp³-hybridized carbons (Fsp3) is 0.389. The van der Waals surface area contributed by atoms with Crippen LogP contribution in [0.2, 0.25) is 10.2 Å². The first-order valence-electron chi connectivity index (χ1n) is 8.53. The van der Waals surface area contributed by atoms with E-state index in [0.717, 1.165) is 6.42 Å². The van der Waals surface area contributed by atoms with Gasteiger partial charge in [-0.2, -0.15) is 4.39 Å². The largest absolute Gasteiger partial charge is 0.373 e. The van der Waals surface area contributed by atoms with Crippen LogP contribution in [0.25, 0.3) is 0 Å². The summed E-state index contributed by atoms with van der Waals surface area (Å²) in [5.74, 6) is -3.14. The number of halogens is 4. The molecule has 140 valence electrons. The van der Waals surface area contributed by atoms with Gasteiger partial charge in [0.15, 0.2) is 5.82 Å². The van der Waals surface area contributed by atoms with Crippen molar-refractivity contribution in [2.45, 2.75) is 24.5 Å². The van der Waals surface area contributed by atoms with Crippen LogP contribution in [0.15, 0.2) is 24.5 Å². The molecule has 0 aromatic carbocycles. The number of hydrogen-bond acceptors (Lipinski definition) is 4. The number of carbonyl (C=O) groups is 1. The SMILES string of the molecule is O=C(Nc1cnc(Cl)c(Cl)c1)[C@H]1[C@@H]2O[C@@H]([C@H]3C[C@H]32)[C@@H]1c1ccnc(F)c1F. The molecule has 2 aromatic rings. The molecule has 1 saturated carbocycles. The Morgan fingerprint density at radius 3 is 2.78 bits per heavy atom. The highest BCUT2D eigenvalue weighted by Crippen LogP contribution is 2.65. The number of nitrogens with one attached hydrogen (secondary N) is 1.